The lowest BCUT2D eigenvalue weighted by atomic mass is 9.95. The summed E-state index contributed by atoms with van der Waals surface area (Å²) in [7, 11) is 0. The minimum absolute atomic E-state index is 0.523. The van der Waals surface area contributed by atoms with Gasteiger partial charge in [0.1, 0.15) is 0 Å². The van der Waals surface area contributed by atoms with Crippen molar-refractivity contribution in [2.75, 3.05) is 0 Å². The summed E-state index contributed by atoms with van der Waals surface area (Å²) in [6.45, 7) is 0. The van der Waals surface area contributed by atoms with E-state index in [0.29, 0.717) is 16.1 Å². The highest BCUT2D eigenvalue weighted by atomic mass is 79.9. The van der Waals surface area contributed by atoms with Crippen LogP contribution < -0.4 is 0 Å². The van der Waals surface area contributed by atoms with Crippen molar-refractivity contribution in [1.82, 2.24) is 9.55 Å². The van der Waals surface area contributed by atoms with E-state index < -0.39 is 0 Å². The summed E-state index contributed by atoms with van der Waals surface area (Å²) in [5.41, 5.74) is 1.98. The largest absolute Gasteiger partial charge is 0.315 e. The van der Waals surface area contributed by atoms with E-state index in [1.807, 2.05) is 12.1 Å². The molecule has 0 bridgehead atoms. The second-order valence-corrected chi connectivity index (χ2v) is 6.32. The maximum absolute atomic E-state index is 6.12. The smallest absolute Gasteiger partial charge is 0.178 e. The predicted molar refractivity (Wildman–Crippen MR) is 79.6 cm³/mol. The van der Waals surface area contributed by atoms with Crippen molar-refractivity contribution < 1.29 is 0 Å². The number of hydrogen-bond donors (Lipinski definition) is 0. The minimum Gasteiger partial charge on any atom is -0.315 e. The summed E-state index contributed by atoms with van der Waals surface area (Å²) in [6, 6.07) is 4.28. The van der Waals surface area contributed by atoms with Crippen LogP contribution in [0.4, 0.5) is 0 Å². The number of benzene rings is 1. The van der Waals surface area contributed by atoms with Crippen LogP contribution in [-0.4, -0.2) is 9.55 Å². The van der Waals surface area contributed by atoms with E-state index in [1.165, 1.54) is 32.1 Å². The average molecular weight is 348 g/mol. The van der Waals surface area contributed by atoms with E-state index in [9.17, 15) is 0 Å². The van der Waals surface area contributed by atoms with E-state index in [0.717, 1.165) is 15.8 Å². The molecule has 1 aromatic heterocycles. The molecule has 1 aliphatic rings. The molecule has 0 aliphatic heterocycles. The van der Waals surface area contributed by atoms with Crippen LogP contribution in [0.5, 0.6) is 0 Å². The number of imidazole rings is 1. The number of nitrogens with zero attached hydrogens (tertiary/aromatic N) is 2. The normalized spacial score (nSPS) is 17.5. The van der Waals surface area contributed by atoms with Gasteiger partial charge in [-0.1, -0.05) is 42.5 Å². The first kappa shape index (κ1) is 12.8. The Balaban J connectivity index is 2.15. The first-order valence-electron chi connectivity index (χ1n) is 6.19. The molecule has 1 aliphatic carbocycles. The van der Waals surface area contributed by atoms with Gasteiger partial charge in [-0.15, -0.1) is 0 Å². The molecule has 96 valence electrons. The fraction of sp³-hybridized carbons (Fsp3) is 0.462. The molecular formula is C13H13BrCl2N2. The number of rotatable bonds is 1. The molecule has 0 saturated heterocycles. The molecule has 1 aromatic carbocycles. The van der Waals surface area contributed by atoms with Gasteiger partial charge in [0.05, 0.1) is 21.1 Å². The molecule has 5 heteroatoms. The molecule has 1 heterocycles. The fourth-order valence-corrected chi connectivity index (χ4v) is 3.74. The van der Waals surface area contributed by atoms with Gasteiger partial charge in [-0.2, -0.15) is 0 Å². The van der Waals surface area contributed by atoms with Crippen LogP contribution in [0.1, 0.15) is 38.1 Å². The Morgan fingerprint density at radius 3 is 2.50 bits per heavy atom. The number of fused-ring (bicyclic) bond motifs is 1. The third kappa shape index (κ3) is 2.17. The summed E-state index contributed by atoms with van der Waals surface area (Å²) in [4.78, 5) is 4.53. The summed E-state index contributed by atoms with van der Waals surface area (Å²) in [5, 5.41) is 1.15. The van der Waals surface area contributed by atoms with Gasteiger partial charge in [0.15, 0.2) is 4.73 Å². The Morgan fingerprint density at radius 1 is 1.11 bits per heavy atom. The van der Waals surface area contributed by atoms with Crippen LogP contribution in [0.15, 0.2) is 16.9 Å². The number of hydrogen-bond acceptors (Lipinski definition) is 1. The van der Waals surface area contributed by atoms with Crippen molar-refractivity contribution in [3.63, 3.8) is 0 Å². The zero-order valence-electron chi connectivity index (χ0n) is 9.80. The third-order valence-electron chi connectivity index (χ3n) is 3.63. The Kier molecular flexibility index (Phi) is 3.57. The van der Waals surface area contributed by atoms with Crippen LogP contribution in [0.2, 0.25) is 10.0 Å². The molecule has 0 spiro atoms. The molecule has 18 heavy (non-hydrogen) atoms. The molecule has 0 atom stereocenters. The molecule has 1 saturated carbocycles. The number of halogens is 3. The first-order chi connectivity index (χ1) is 8.66. The molecule has 2 aromatic rings. The lowest BCUT2D eigenvalue weighted by Gasteiger charge is -2.24. The van der Waals surface area contributed by atoms with E-state index in [2.05, 4.69) is 25.5 Å². The molecule has 3 rings (SSSR count). The fourth-order valence-electron chi connectivity index (χ4n) is 2.75. The minimum atomic E-state index is 0.523. The van der Waals surface area contributed by atoms with E-state index in [1.54, 1.807) is 0 Å². The zero-order valence-corrected chi connectivity index (χ0v) is 12.9. The van der Waals surface area contributed by atoms with Crippen molar-refractivity contribution >= 4 is 50.2 Å². The summed E-state index contributed by atoms with van der Waals surface area (Å²) >= 11 is 15.7. The van der Waals surface area contributed by atoms with Crippen molar-refractivity contribution in [3.05, 3.63) is 26.9 Å². The van der Waals surface area contributed by atoms with Crippen LogP contribution in [-0.2, 0) is 0 Å². The molecule has 0 amide bonds. The summed E-state index contributed by atoms with van der Waals surface area (Å²) < 4.78 is 3.14. The highest BCUT2D eigenvalue weighted by molar-refractivity contribution is 9.10. The Morgan fingerprint density at radius 2 is 1.78 bits per heavy atom. The van der Waals surface area contributed by atoms with Gasteiger partial charge in [-0.3, -0.25) is 0 Å². The molecule has 1 fully saturated rings. The van der Waals surface area contributed by atoms with Crippen LogP contribution in [0, 0.1) is 0 Å². The van der Waals surface area contributed by atoms with Crippen molar-refractivity contribution in [2.24, 2.45) is 0 Å². The monoisotopic (exact) mass is 346 g/mol. The van der Waals surface area contributed by atoms with Crippen LogP contribution in [0.3, 0.4) is 0 Å². The SMILES string of the molecule is Clc1cc2nc(Br)n(C3CCCCC3)c2cc1Cl. The van der Waals surface area contributed by atoms with Gasteiger partial charge < -0.3 is 4.57 Å². The Hall–Kier alpha value is -0.250. The van der Waals surface area contributed by atoms with Crippen molar-refractivity contribution in [2.45, 2.75) is 38.1 Å². The highest BCUT2D eigenvalue weighted by Crippen LogP contribution is 2.36. The van der Waals surface area contributed by atoms with Crippen molar-refractivity contribution in [1.29, 1.82) is 0 Å². The molecular weight excluding hydrogens is 335 g/mol. The van der Waals surface area contributed by atoms with E-state index in [4.69, 9.17) is 23.2 Å². The van der Waals surface area contributed by atoms with E-state index >= 15 is 0 Å². The molecule has 0 N–H and O–H groups in total. The maximum Gasteiger partial charge on any atom is 0.178 e. The standard InChI is InChI=1S/C13H13BrCl2N2/c14-13-17-11-6-9(15)10(16)7-12(11)18(13)8-4-2-1-3-5-8/h6-8H,1-5H2. The maximum atomic E-state index is 6.12. The first-order valence-corrected chi connectivity index (χ1v) is 7.74. The van der Waals surface area contributed by atoms with Gasteiger partial charge >= 0.3 is 0 Å². The zero-order chi connectivity index (χ0) is 12.7. The highest BCUT2D eigenvalue weighted by Gasteiger charge is 2.21. The van der Waals surface area contributed by atoms with Crippen LogP contribution >= 0.6 is 39.1 Å². The van der Waals surface area contributed by atoms with Gasteiger partial charge in [-0.25, -0.2) is 4.98 Å². The average Bonchev–Trinajstić information content (AvgIpc) is 2.66. The third-order valence-corrected chi connectivity index (χ3v) is 4.91. The predicted octanol–water partition coefficient (Wildman–Crippen LogP) is 5.61. The topological polar surface area (TPSA) is 17.8 Å². The summed E-state index contributed by atoms with van der Waals surface area (Å²) in [6.07, 6.45) is 6.35. The Labute approximate surface area is 124 Å². The lowest BCUT2D eigenvalue weighted by Crippen LogP contribution is -2.12. The van der Waals surface area contributed by atoms with Gasteiger partial charge in [-0.05, 0) is 40.9 Å². The lowest BCUT2D eigenvalue weighted by molar-refractivity contribution is 0.355. The van der Waals surface area contributed by atoms with Gasteiger partial charge in [0.2, 0.25) is 0 Å². The van der Waals surface area contributed by atoms with Crippen molar-refractivity contribution in [3.8, 4) is 0 Å². The molecule has 0 unspecified atom stereocenters. The van der Waals surface area contributed by atoms with E-state index in [-0.39, 0.29) is 0 Å². The molecule has 0 radical (unpaired) electrons. The summed E-state index contributed by atoms with van der Waals surface area (Å²) in [5.74, 6) is 0. The van der Waals surface area contributed by atoms with Crippen LogP contribution in [0.25, 0.3) is 11.0 Å². The van der Waals surface area contributed by atoms with Gasteiger partial charge in [0.25, 0.3) is 0 Å². The quantitative estimate of drug-likeness (QED) is 0.655. The second kappa shape index (κ2) is 5.03. The second-order valence-electron chi connectivity index (χ2n) is 4.80. The number of aromatic nitrogens is 2. The van der Waals surface area contributed by atoms with Gasteiger partial charge in [0, 0.05) is 6.04 Å². The molecule has 2 nitrogen and oxygen atoms in total. The Bertz CT molecular complexity index is 588.